The van der Waals surface area contributed by atoms with E-state index in [2.05, 4.69) is 22.0 Å². The molecule has 100 valence electrons. The zero-order chi connectivity index (χ0) is 13.4. The van der Waals surface area contributed by atoms with Crippen molar-refractivity contribution in [3.63, 3.8) is 0 Å². The first-order valence-corrected chi connectivity index (χ1v) is 5.98. The van der Waals surface area contributed by atoms with E-state index in [9.17, 15) is 9.59 Å². The molecule has 0 saturated heterocycles. The number of amides is 1. The highest BCUT2D eigenvalue weighted by molar-refractivity contribution is 5.82. The number of carbonyl (C=O) groups excluding carboxylic acids is 2. The molecular weight excluding hydrogens is 234 g/mol. The van der Waals surface area contributed by atoms with Crippen LogP contribution in [0.25, 0.3) is 0 Å². The molecule has 0 saturated carbocycles. The van der Waals surface area contributed by atoms with Crippen molar-refractivity contribution in [1.82, 2.24) is 14.9 Å². The molecule has 1 unspecified atom stereocenters. The van der Waals surface area contributed by atoms with Crippen LogP contribution in [-0.4, -0.2) is 35.1 Å². The minimum Gasteiger partial charge on any atom is -0.468 e. The maximum atomic E-state index is 11.7. The zero-order valence-corrected chi connectivity index (χ0v) is 10.8. The molecule has 6 nitrogen and oxygen atoms in total. The number of nitrogens with one attached hydrogen (secondary N) is 1. The van der Waals surface area contributed by atoms with Gasteiger partial charge in [-0.05, 0) is 6.42 Å². The molecule has 1 amide bonds. The molecule has 1 rings (SSSR count). The molecule has 0 bridgehead atoms. The summed E-state index contributed by atoms with van der Waals surface area (Å²) in [5.41, 5.74) is 0. The molecule has 1 atom stereocenters. The lowest BCUT2D eigenvalue weighted by molar-refractivity contribution is -0.141. The minimum atomic E-state index is -0.446. The maximum absolute atomic E-state index is 11.7. The van der Waals surface area contributed by atoms with Gasteiger partial charge in [0.15, 0.2) is 0 Å². The number of hydrogen-bond donors (Lipinski definition) is 1. The van der Waals surface area contributed by atoms with Crippen LogP contribution in [0.5, 0.6) is 0 Å². The Hall–Kier alpha value is -1.85. The van der Waals surface area contributed by atoms with Gasteiger partial charge >= 0.3 is 5.97 Å². The van der Waals surface area contributed by atoms with Crippen LogP contribution in [0.2, 0.25) is 0 Å². The summed E-state index contributed by atoms with van der Waals surface area (Å²) in [6.07, 6.45) is 7.44. The highest BCUT2D eigenvalue weighted by atomic mass is 16.5. The van der Waals surface area contributed by atoms with E-state index in [0.29, 0.717) is 6.42 Å². The van der Waals surface area contributed by atoms with E-state index in [1.54, 1.807) is 12.5 Å². The number of imidazole rings is 1. The van der Waals surface area contributed by atoms with Gasteiger partial charge in [0.2, 0.25) is 5.91 Å². The predicted octanol–water partition coefficient (Wildman–Crippen LogP) is 0.904. The number of nitrogens with zero attached hydrogens (tertiary/aromatic N) is 2. The van der Waals surface area contributed by atoms with Crippen LogP contribution in [-0.2, 0) is 14.3 Å². The van der Waals surface area contributed by atoms with Crippen LogP contribution < -0.4 is 5.32 Å². The molecule has 0 aliphatic carbocycles. The molecule has 1 aromatic rings. The number of rotatable bonds is 7. The molecule has 0 radical (unpaired) electrons. The third kappa shape index (κ3) is 4.57. The Bertz CT molecular complexity index is 376. The Morgan fingerprint density at radius 2 is 2.28 bits per heavy atom. The topological polar surface area (TPSA) is 73.2 Å². The molecule has 1 heterocycles. The number of carbonyl (C=O) groups is 2. The SMILES string of the molecule is CCCC(CC(=O)NCC(=O)OC)n1ccnc1. The standard InChI is InChI=1S/C12H19N3O3/c1-3-4-10(15-6-5-13-9-15)7-11(16)14-8-12(17)18-2/h5-6,9-10H,3-4,7-8H2,1-2H3,(H,14,16). The molecule has 0 aromatic carbocycles. The van der Waals surface area contributed by atoms with Crippen molar-refractivity contribution in [3.05, 3.63) is 18.7 Å². The Kier molecular flexibility index (Phi) is 5.90. The van der Waals surface area contributed by atoms with Crippen LogP contribution in [0, 0.1) is 0 Å². The third-order valence-electron chi connectivity index (χ3n) is 2.65. The largest absolute Gasteiger partial charge is 0.468 e. The summed E-state index contributed by atoms with van der Waals surface area (Å²) in [6.45, 7) is 1.98. The van der Waals surface area contributed by atoms with E-state index >= 15 is 0 Å². The van der Waals surface area contributed by atoms with Gasteiger partial charge in [0, 0.05) is 24.9 Å². The second-order valence-electron chi connectivity index (χ2n) is 4.01. The molecule has 1 N–H and O–H groups in total. The molecule has 0 aliphatic heterocycles. The third-order valence-corrected chi connectivity index (χ3v) is 2.65. The fraction of sp³-hybridized carbons (Fsp3) is 0.583. The lowest BCUT2D eigenvalue weighted by Gasteiger charge is -2.17. The Morgan fingerprint density at radius 1 is 1.50 bits per heavy atom. The maximum Gasteiger partial charge on any atom is 0.325 e. The van der Waals surface area contributed by atoms with Crippen LogP contribution in [0.4, 0.5) is 0 Å². The smallest absolute Gasteiger partial charge is 0.325 e. The van der Waals surface area contributed by atoms with Crippen molar-refractivity contribution < 1.29 is 14.3 Å². The number of methoxy groups -OCH3 is 1. The van der Waals surface area contributed by atoms with Gasteiger partial charge in [-0.3, -0.25) is 9.59 Å². The first-order valence-electron chi connectivity index (χ1n) is 5.98. The van der Waals surface area contributed by atoms with Gasteiger partial charge in [0.25, 0.3) is 0 Å². The fourth-order valence-electron chi connectivity index (χ4n) is 1.70. The number of hydrogen-bond acceptors (Lipinski definition) is 4. The quantitative estimate of drug-likeness (QED) is 0.733. The van der Waals surface area contributed by atoms with E-state index in [4.69, 9.17) is 0 Å². The van der Waals surface area contributed by atoms with Crippen molar-refractivity contribution in [2.24, 2.45) is 0 Å². The van der Waals surface area contributed by atoms with Crippen molar-refractivity contribution in [2.75, 3.05) is 13.7 Å². The van der Waals surface area contributed by atoms with Gasteiger partial charge in [0.1, 0.15) is 6.54 Å². The van der Waals surface area contributed by atoms with Gasteiger partial charge in [-0.2, -0.15) is 0 Å². The normalized spacial score (nSPS) is 11.9. The first kappa shape index (κ1) is 14.2. The van der Waals surface area contributed by atoms with E-state index in [1.165, 1.54) is 7.11 Å². The van der Waals surface area contributed by atoms with Gasteiger partial charge in [-0.1, -0.05) is 13.3 Å². The zero-order valence-electron chi connectivity index (χ0n) is 10.8. The summed E-state index contributed by atoms with van der Waals surface area (Å²) in [4.78, 5) is 26.6. The highest BCUT2D eigenvalue weighted by Crippen LogP contribution is 2.17. The molecule has 0 spiro atoms. The predicted molar refractivity (Wildman–Crippen MR) is 65.8 cm³/mol. The molecule has 0 aliphatic rings. The summed E-state index contributed by atoms with van der Waals surface area (Å²) in [6, 6.07) is 0.0788. The summed E-state index contributed by atoms with van der Waals surface area (Å²) < 4.78 is 6.37. The van der Waals surface area contributed by atoms with Gasteiger partial charge in [-0.15, -0.1) is 0 Å². The van der Waals surface area contributed by atoms with Crippen LogP contribution in [0.1, 0.15) is 32.2 Å². The average Bonchev–Trinajstić information content (AvgIpc) is 2.89. The average molecular weight is 253 g/mol. The Morgan fingerprint density at radius 3 is 2.83 bits per heavy atom. The molecule has 18 heavy (non-hydrogen) atoms. The van der Waals surface area contributed by atoms with Gasteiger partial charge in [-0.25, -0.2) is 4.98 Å². The van der Waals surface area contributed by atoms with Crippen molar-refractivity contribution in [3.8, 4) is 0 Å². The number of esters is 1. The number of ether oxygens (including phenoxy) is 1. The monoisotopic (exact) mass is 253 g/mol. The first-order chi connectivity index (χ1) is 8.67. The number of aromatic nitrogens is 2. The van der Waals surface area contributed by atoms with E-state index < -0.39 is 5.97 Å². The molecule has 1 aromatic heterocycles. The second kappa shape index (κ2) is 7.47. The Labute approximate surface area is 106 Å². The van der Waals surface area contributed by atoms with Gasteiger partial charge < -0.3 is 14.6 Å². The summed E-state index contributed by atoms with van der Waals surface area (Å²) >= 11 is 0. The summed E-state index contributed by atoms with van der Waals surface area (Å²) in [7, 11) is 1.29. The fourth-order valence-corrected chi connectivity index (χ4v) is 1.70. The van der Waals surface area contributed by atoms with E-state index in [-0.39, 0.29) is 18.5 Å². The highest BCUT2D eigenvalue weighted by Gasteiger charge is 2.15. The van der Waals surface area contributed by atoms with Crippen LogP contribution in [0.3, 0.4) is 0 Å². The van der Waals surface area contributed by atoms with Crippen LogP contribution in [0.15, 0.2) is 18.7 Å². The lowest BCUT2D eigenvalue weighted by atomic mass is 10.1. The second-order valence-corrected chi connectivity index (χ2v) is 4.01. The van der Waals surface area contributed by atoms with Crippen LogP contribution >= 0.6 is 0 Å². The van der Waals surface area contributed by atoms with E-state index in [1.807, 2.05) is 10.8 Å². The molecular formula is C12H19N3O3. The minimum absolute atomic E-state index is 0.0788. The summed E-state index contributed by atoms with van der Waals surface area (Å²) in [5.74, 6) is -0.606. The molecule has 0 fully saturated rings. The lowest BCUT2D eigenvalue weighted by Crippen LogP contribution is -2.31. The van der Waals surface area contributed by atoms with E-state index in [0.717, 1.165) is 12.8 Å². The Balaban J connectivity index is 2.46. The summed E-state index contributed by atoms with van der Waals surface area (Å²) in [5, 5.41) is 2.54. The van der Waals surface area contributed by atoms with Crippen molar-refractivity contribution in [2.45, 2.75) is 32.2 Å². The molecule has 6 heteroatoms. The van der Waals surface area contributed by atoms with Gasteiger partial charge in [0.05, 0.1) is 13.4 Å². The van der Waals surface area contributed by atoms with Crippen molar-refractivity contribution in [1.29, 1.82) is 0 Å². The van der Waals surface area contributed by atoms with Crippen molar-refractivity contribution >= 4 is 11.9 Å².